The van der Waals surface area contributed by atoms with Crippen LogP contribution in [0.1, 0.15) is 56.8 Å². The Labute approximate surface area is 169 Å². The van der Waals surface area contributed by atoms with Gasteiger partial charge in [0, 0.05) is 18.2 Å². The highest BCUT2D eigenvalue weighted by molar-refractivity contribution is 6.32. The summed E-state index contributed by atoms with van der Waals surface area (Å²) in [4.78, 5) is 28.5. The minimum atomic E-state index is -0.622. The molecule has 0 aliphatic heterocycles. The maximum Gasteiger partial charge on any atom is 0.341 e. The Kier molecular flexibility index (Phi) is 6.03. The fraction of sp³-hybridized carbons (Fsp3) is 0.500. The van der Waals surface area contributed by atoms with Crippen molar-refractivity contribution in [1.82, 2.24) is 14.8 Å². The number of esters is 1. The fourth-order valence-corrected chi connectivity index (χ4v) is 3.29. The summed E-state index contributed by atoms with van der Waals surface area (Å²) in [6, 6.07) is 4.81. The molecule has 2 aromatic rings. The summed E-state index contributed by atoms with van der Waals surface area (Å²) in [7, 11) is 0. The highest BCUT2D eigenvalue weighted by Crippen LogP contribution is 2.26. The third kappa shape index (κ3) is 5.10. The van der Waals surface area contributed by atoms with Gasteiger partial charge in [0.25, 0.3) is 0 Å². The number of rotatable bonds is 6. The standard InChI is InChI=1S/C20H24ClN3O4/c1-20(2,3)28-19(26)14-8-9-16(22-18(14)21)24-11-10-17(23-24)27-12-15(25)13-6-4-5-7-13/h8-11,13H,4-7,12H2,1-3H3. The summed E-state index contributed by atoms with van der Waals surface area (Å²) >= 11 is 6.16. The van der Waals surface area contributed by atoms with Crippen molar-refractivity contribution in [3.05, 3.63) is 35.1 Å². The first-order valence-corrected chi connectivity index (χ1v) is 9.72. The molecule has 1 aliphatic rings. The molecule has 2 aromatic heterocycles. The van der Waals surface area contributed by atoms with Crippen LogP contribution in [0.2, 0.25) is 5.15 Å². The maximum absolute atomic E-state index is 12.2. The maximum atomic E-state index is 12.2. The molecule has 0 unspecified atom stereocenters. The van der Waals surface area contributed by atoms with Gasteiger partial charge in [0.2, 0.25) is 5.88 Å². The number of Topliss-reactive ketones (excluding diaryl/α,β-unsaturated/α-hetero) is 1. The molecule has 1 saturated carbocycles. The number of aromatic nitrogens is 3. The van der Waals surface area contributed by atoms with Crippen LogP contribution in [-0.4, -0.2) is 38.7 Å². The van der Waals surface area contributed by atoms with E-state index in [1.54, 1.807) is 45.2 Å². The lowest BCUT2D eigenvalue weighted by atomic mass is 10.0. The largest absolute Gasteiger partial charge is 0.469 e. The van der Waals surface area contributed by atoms with Crippen LogP contribution in [0, 0.1) is 5.92 Å². The first-order chi connectivity index (χ1) is 13.2. The van der Waals surface area contributed by atoms with E-state index < -0.39 is 11.6 Å². The van der Waals surface area contributed by atoms with Gasteiger partial charge in [0.1, 0.15) is 17.4 Å². The molecule has 150 valence electrons. The normalized spacial score (nSPS) is 14.9. The van der Waals surface area contributed by atoms with Gasteiger partial charge in [0.15, 0.2) is 11.6 Å². The second-order valence-corrected chi connectivity index (χ2v) is 8.20. The molecule has 0 atom stereocenters. The highest BCUT2D eigenvalue weighted by atomic mass is 35.5. The topological polar surface area (TPSA) is 83.3 Å². The zero-order chi connectivity index (χ0) is 20.3. The molecule has 1 fully saturated rings. The third-order valence-corrected chi connectivity index (χ3v) is 4.71. The monoisotopic (exact) mass is 405 g/mol. The molecule has 2 heterocycles. The summed E-state index contributed by atoms with van der Waals surface area (Å²) in [5, 5.41) is 4.29. The molecule has 8 heteroatoms. The van der Waals surface area contributed by atoms with Crippen LogP contribution in [0.15, 0.2) is 24.4 Å². The molecular formula is C20H24ClN3O4. The molecule has 3 rings (SSSR count). The van der Waals surface area contributed by atoms with E-state index in [9.17, 15) is 9.59 Å². The molecule has 0 bridgehead atoms. The van der Waals surface area contributed by atoms with E-state index in [2.05, 4.69) is 10.1 Å². The van der Waals surface area contributed by atoms with Crippen LogP contribution in [0.4, 0.5) is 0 Å². The molecule has 0 aromatic carbocycles. The lowest BCUT2D eigenvalue weighted by Gasteiger charge is -2.19. The Hall–Kier alpha value is -2.41. The van der Waals surface area contributed by atoms with Crippen LogP contribution in [0.25, 0.3) is 5.82 Å². The van der Waals surface area contributed by atoms with Crippen LogP contribution in [-0.2, 0) is 9.53 Å². The first kappa shape index (κ1) is 20.3. The van der Waals surface area contributed by atoms with Gasteiger partial charge in [-0.1, -0.05) is 24.4 Å². The van der Waals surface area contributed by atoms with Crippen molar-refractivity contribution in [3.8, 4) is 11.7 Å². The van der Waals surface area contributed by atoms with E-state index in [-0.39, 0.29) is 29.0 Å². The van der Waals surface area contributed by atoms with Gasteiger partial charge >= 0.3 is 5.97 Å². The van der Waals surface area contributed by atoms with Crippen molar-refractivity contribution < 1.29 is 19.1 Å². The summed E-state index contributed by atoms with van der Waals surface area (Å²) in [6.07, 6.45) is 5.76. The molecule has 0 spiro atoms. The molecular weight excluding hydrogens is 382 g/mol. The first-order valence-electron chi connectivity index (χ1n) is 9.34. The van der Waals surface area contributed by atoms with Crippen LogP contribution in [0.3, 0.4) is 0 Å². The second-order valence-electron chi connectivity index (χ2n) is 7.84. The SMILES string of the molecule is CC(C)(C)OC(=O)c1ccc(-n2ccc(OCC(=O)C3CCCC3)n2)nc1Cl. The fourth-order valence-electron chi connectivity index (χ4n) is 3.06. The van der Waals surface area contributed by atoms with E-state index in [0.29, 0.717) is 11.7 Å². The number of pyridine rings is 1. The Morgan fingerprint density at radius 2 is 1.93 bits per heavy atom. The number of carbonyl (C=O) groups excluding carboxylic acids is 2. The Bertz CT molecular complexity index is 867. The Morgan fingerprint density at radius 3 is 2.57 bits per heavy atom. The predicted molar refractivity (Wildman–Crippen MR) is 104 cm³/mol. The number of carbonyl (C=O) groups is 2. The molecule has 0 saturated heterocycles. The van der Waals surface area contributed by atoms with Crippen LogP contribution >= 0.6 is 11.6 Å². The predicted octanol–water partition coefficient (Wildman–Crippen LogP) is 4.01. The lowest BCUT2D eigenvalue weighted by molar-refractivity contribution is -0.124. The zero-order valence-corrected chi connectivity index (χ0v) is 17.0. The number of hydrogen-bond donors (Lipinski definition) is 0. The van der Waals surface area contributed by atoms with Crippen LogP contribution in [0.5, 0.6) is 5.88 Å². The van der Waals surface area contributed by atoms with Crippen molar-refractivity contribution >= 4 is 23.4 Å². The van der Waals surface area contributed by atoms with Gasteiger partial charge in [-0.3, -0.25) is 4.79 Å². The van der Waals surface area contributed by atoms with Crippen molar-refractivity contribution in [2.45, 2.75) is 52.1 Å². The number of halogens is 1. The van der Waals surface area contributed by atoms with Gasteiger partial charge in [-0.2, -0.15) is 0 Å². The van der Waals surface area contributed by atoms with E-state index in [1.807, 2.05) is 0 Å². The highest BCUT2D eigenvalue weighted by Gasteiger charge is 2.23. The zero-order valence-electron chi connectivity index (χ0n) is 16.3. The van der Waals surface area contributed by atoms with Gasteiger partial charge < -0.3 is 9.47 Å². The second kappa shape index (κ2) is 8.31. The smallest absolute Gasteiger partial charge is 0.341 e. The molecule has 1 aliphatic carbocycles. The number of ether oxygens (including phenoxy) is 2. The van der Waals surface area contributed by atoms with E-state index >= 15 is 0 Å². The molecule has 28 heavy (non-hydrogen) atoms. The van der Waals surface area contributed by atoms with Crippen molar-refractivity contribution in [3.63, 3.8) is 0 Å². The molecule has 0 radical (unpaired) electrons. The lowest BCUT2D eigenvalue weighted by Crippen LogP contribution is -2.24. The van der Waals surface area contributed by atoms with Crippen LogP contribution < -0.4 is 4.74 Å². The van der Waals surface area contributed by atoms with Gasteiger partial charge in [-0.15, -0.1) is 5.10 Å². The molecule has 0 amide bonds. The summed E-state index contributed by atoms with van der Waals surface area (Å²) in [6.45, 7) is 5.36. The van der Waals surface area contributed by atoms with E-state index in [4.69, 9.17) is 21.1 Å². The molecule has 0 N–H and O–H groups in total. The minimum absolute atomic E-state index is 0.0213. The van der Waals surface area contributed by atoms with Crippen molar-refractivity contribution in [1.29, 1.82) is 0 Å². The van der Waals surface area contributed by atoms with Gasteiger partial charge in [0.05, 0.1) is 5.56 Å². The summed E-state index contributed by atoms with van der Waals surface area (Å²) < 4.78 is 12.3. The average Bonchev–Trinajstić information content (AvgIpc) is 3.30. The van der Waals surface area contributed by atoms with Gasteiger partial charge in [-0.25, -0.2) is 14.5 Å². The average molecular weight is 406 g/mol. The number of ketones is 1. The van der Waals surface area contributed by atoms with E-state index in [0.717, 1.165) is 25.7 Å². The molecule has 7 nitrogen and oxygen atoms in total. The third-order valence-electron chi connectivity index (χ3n) is 4.42. The number of nitrogens with zero attached hydrogens (tertiary/aromatic N) is 3. The van der Waals surface area contributed by atoms with Gasteiger partial charge in [-0.05, 0) is 45.7 Å². The Balaban J connectivity index is 1.65. The van der Waals surface area contributed by atoms with Crippen molar-refractivity contribution in [2.24, 2.45) is 5.92 Å². The summed E-state index contributed by atoms with van der Waals surface area (Å²) in [5.74, 6) is 0.458. The quantitative estimate of drug-likeness (QED) is 0.533. The van der Waals surface area contributed by atoms with Crippen molar-refractivity contribution in [2.75, 3.05) is 6.61 Å². The minimum Gasteiger partial charge on any atom is -0.469 e. The van der Waals surface area contributed by atoms with E-state index in [1.165, 1.54) is 4.68 Å². The summed E-state index contributed by atoms with van der Waals surface area (Å²) in [5.41, 5.74) is -0.436. The number of hydrogen-bond acceptors (Lipinski definition) is 6. The Morgan fingerprint density at radius 1 is 1.21 bits per heavy atom.